The number of hydrogen-bond acceptors (Lipinski definition) is 4. The van der Waals surface area contributed by atoms with Gasteiger partial charge in [0.2, 0.25) is 0 Å². The molecule has 2 saturated heterocycles. The highest BCUT2D eigenvalue weighted by Crippen LogP contribution is 2.37. The third-order valence-electron chi connectivity index (χ3n) is 4.53. The first-order valence-electron chi connectivity index (χ1n) is 7.59. The van der Waals surface area contributed by atoms with Crippen LogP contribution in [0.3, 0.4) is 0 Å². The second-order valence-corrected chi connectivity index (χ2v) is 6.90. The van der Waals surface area contributed by atoms with Crippen molar-refractivity contribution in [2.45, 2.75) is 44.2 Å². The predicted octanol–water partition coefficient (Wildman–Crippen LogP) is 1.71. The molecule has 0 radical (unpaired) electrons. The molecule has 1 aliphatic carbocycles. The van der Waals surface area contributed by atoms with E-state index in [1.807, 2.05) is 11.8 Å². The van der Waals surface area contributed by atoms with E-state index in [-0.39, 0.29) is 6.10 Å². The summed E-state index contributed by atoms with van der Waals surface area (Å²) in [5.74, 6) is 1.21. The fourth-order valence-electron chi connectivity index (χ4n) is 3.27. The fourth-order valence-corrected chi connectivity index (χ4v) is 4.50. The molecule has 19 heavy (non-hydrogen) atoms. The molecule has 0 aromatic carbocycles. The van der Waals surface area contributed by atoms with Crippen molar-refractivity contribution in [1.82, 2.24) is 10.2 Å². The number of aliphatic imine (C=N–C) groups is 1. The van der Waals surface area contributed by atoms with Crippen LogP contribution >= 0.6 is 11.8 Å². The van der Waals surface area contributed by atoms with E-state index in [9.17, 15) is 0 Å². The van der Waals surface area contributed by atoms with Gasteiger partial charge in [-0.25, -0.2) is 0 Å². The average molecular weight is 283 g/mol. The Morgan fingerprint density at radius 3 is 3.11 bits per heavy atom. The molecule has 3 rings (SSSR count). The highest BCUT2D eigenvalue weighted by Gasteiger charge is 2.39. The van der Waals surface area contributed by atoms with Crippen molar-refractivity contribution in [2.24, 2.45) is 4.99 Å². The van der Waals surface area contributed by atoms with Gasteiger partial charge < -0.3 is 10.1 Å². The van der Waals surface area contributed by atoms with Gasteiger partial charge in [-0.2, -0.15) is 0 Å². The zero-order chi connectivity index (χ0) is 13.1. The van der Waals surface area contributed by atoms with Gasteiger partial charge in [-0.3, -0.25) is 9.89 Å². The van der Waals surface area contributed by atoms with Crippen molar-refractivity contribution in [3.8, 4) is 0 Å². The summed E-state index contributed by atoms with van der Waals surface area (Å²) in [4.78, 5) is 7.20. The minimum atomic E-state index is 0.281. The summed E-state index contributed by atoms with van der Waals surface area (Å²) in [6.45, 7) is 7.09. The maximum Gasteiger partial charge on any atom is 0.157 e. The summed E-state index contributed by atoms with van der Waals surface area (Å²) < 4.78 is 5.80. The van der Waals surface area contributed by atoms with Crippen LogP contribution in [0.1, 0.15) is 32.6 Å². The van der Waals surface area contributed by atoms with Gasteiger partial charge in [0.05, 0.1) is 19.3 Å². The standard InChI is InChI=1S/C14H25N3OS/c1-2-17-7-8-18-12(10-17)9-15-13-16-14(11-19-13)5-3-4-6-14/h12H,2-11H2,1H3,(H,15,16). The Morgan fingerprint density at radius 1 is 1.47 bits per heavy atom. The van der Waals surface area contributed by atoms with E-state index in [2.05, 4.69) is 17.1 Å². The van der Waals surface area contributed by atoms with E-state index < -0.39 is 0 Å². The number of morpholine rings is 1. The quantitative estimate of drug-likeness (QED) is 0.855. The molecular formula is C14H25N3OS. The Kier molecular flexibility index (Phi) is 4.34. The molecule has 1 unspecified atom stereocenters. The predicted molar refractivity (Wildman–Crippen MR) is 80.9 cm³/mol. The lowest BCUT2D eigenvalue weighted by molar-refractivity contribution is -0.0209. The van der Waals surface area contributed by atoms with E-state index in [4.69, 9.17) is 9.73 Å². The molecule has 1 spiro atoms. The average Bonchev–Trinajstić information content (AvgIpc) is 3.08. The number of nitrogens with one attached hydrogen (secondary N) is 1. The van der Waals surface area contributed by atoms with Crippen molar-refractivity contribution in [2.75, 3.05) is 38.5 Å². The zero-order valence-corrected chi connectivity index (χ0v) is 12.7. The second kappa shape index (κ2) is 6.02. The minimum absolute atomic E-state index is 0.281. The van der Waals surface area contributed by atoms with Crippen LogP contribution in [0.15, 0.2) is 4.99 Å². The number of rotatable bonds is 3. The van der Waals surface area contributed by atoms with Crippen molar-refractivity contribution >= 4 is 16.9 Å². The first-order chi connectivity index (χ1) is 9.30. The first kappa shape index (κ1) is 13.7. The van der Waals surface area contributed by atoms with E-state index in [1.165, 1.54) is 31.4 Å². The molecule has 1 atom stereocenters. The van der Waals surface area contributed by atoms with Crippen LogP contribution in [0.4, 0.5) is 0 Å². The molecule has 1 saturated carbocycles. The van der Waals surface area contributed by atoms with Gasteiger partial charge in [0, 0.05) is 24.4 Å². The molecule has 5 heteroatoms. The molecule has 4 nitrogen and oxygen atoms in total. The molecular weight excluding hydrogens is 258 g/mol. The van der Waals surface area contributed by atoms with Crippen LogP contribution in [0.2, 0.25) is 0 Å². The Labute approximate surface area is 120 Å². The van der Waals surface area contributed by atoms with Crippen molar-refractivity contribution in [1.29, 1.82) is 0 Å². The van der Waals surface area contributed by atoms with Gasteiger partial charge in [-0.1, -0.05) is 31.5 Å². The lowest BCUT2D eigenvalue weighted by atomic mass is 10.0. The van der Waals surface area contributed by atoms with Crippen LogP contribution in [0.5, 0.6) is 0 Å². The molecule has 2 heterocycles. The van der Waals surface area contributed by atoms with Gasteiger partial charge in [0.15, 0.2) is 5.17 Å². The molecule has 0 amide bonds. The maximum absolute atomic E-state index is 5.80. The molecule has 3 fully saturated rings. The van der Waals surface area contributed by atoms with Gasteiger partial charge >= 0.3 is 0 Å². The topological polar surface area (TPSA) is 36.9 Å². The lowest BCUT2D eigenvalue weighted by Gasteiger charge is -2.31. The van der Waals surface area contributed by atoms with Crippen LogP contribution in [0.25, 0.3) is 0 Å². The number of amidine groups is 1. The number of likely N-dealkylation sites (N-methyl/N-ethyl adjacent to an activating group) is 1. The molecule has 1 N–H and O–H groups in total. The Hall–Kier alpha value is -0.260. The van der Waals surface area contributed by atoms with Crippen LogP contribution in [-0.2, 0) is 4.74 Å². The monoisotopic (exact) mass is 283 g/mol. The number of hydrogen-bond donors (Lipinski definition) is 1. The number of thioether (sulfide) groups is 1. The van der Waals surface area contributed by atoms with Gasteiger partial charge in [-0.05, 0) is 19.4 Å². The lowest BCUT2D eigenvalue weighted by Crippen LogP contribution is -2.44. The number of nitrogens with zero attached hydrogens (tertiary/aromatic N) is 2. The number of ether oxygens (including phenoxy) is 1. The summed E-state index contributed by atoms with van der Waals surface area (Å²) in [7, 11) is 0. The molecule has 0 bridgehead atoms. The summed E-state index contributed by atoms with van der Waals surface area (Å²) in [6.07, 6.45) is 5.67. The molecule has 3 aliphatic rings. The van der Waals surface area contributed by atoms with Crippen LogP contribution in [-0.4, -0.2) is 60.2 Å². The maximum atomic E-state index is 5.80. The first-order valence-corrected chi connectivity index (χ1v) is 8.58. The van der Waals surface area contributed by atoms with Crippen LogP contribution < -0.4 is 5.32 Å². The summed E-state index contributed by atoms with van der Waals surface area (Å²) in [5, 5.41) is 4.83. The van der Waals surface area contributed by atoms with E-state index in [0.717, 1.165) is 38.0 Å². The van der Waals surface area contributed by atoms with Crippen molar-refractivity contribution in [3.63, 3.8) is 0 Å². The van der Waals surface area contributed by atoms with Gasteiger partial charge in [0.25, 0.3) is 0 Å². The second-order valence-electron chi connectivity index (χ2n) is 5.93. The SMILES string of the molecule is CCN1CCOC(CN=C2NC3(CCCC3)CS2)C1. The smallest absolute Gasteiger partial charge is 0.157 e. The van der Waals surface area contributed by atoms with E-state index in [1.54, 1.807) is 0 Å². The largest absolute Gasteiger partial charge is 0.374 e. The van der Waals surface area contributed by atoms with Crippen molar-refractivity contribution < 1.29 is 4.74 Å². The molecule has 2 aliphatic heterocycles. The molecule has 0 aromatic rings. The summed E-state index contributed by atoms with van der Waals surface area (Å²) >= 11 is 1.90. The Balaban J connectivity index is 1.50. The van der Waals surface area contributed by atoms with Crippen molar-refractivity contribution in [3.05, 3.63) is 0 Å². The highest BCUT2D eigenvalue weighted by molar-refractivity contribution is 8.14. The normalized spacial score (nSPS) is 33.1. The van der Waals surface area contributed by atoms with E-state index in [0.29, 0.717) is 5.54 Å². The third kappa shape index (κ3) is 3.26. The fraction of sp³-hybridized carbons (Fsp3) is 0.929. The van der Waals surface area contributed by atoms with Gasteiger partial charge in [-0.15, -0.1) is 0 Å². The van der Waals surface area contributed by atoms with Gasteiger partial charge in [0.1, 0.15) is 0 Å². The van der Waals surface area contributed by atoms with E-state index >= 15 is 0 Å². The summed E-state index contributed by atoms with van der Waals surface area (Å²) in [5.41, 5.74) is 0.381. The minimum Gasteiger partial charge on any atom is -0.374 e. The molecule has 0 aromatic heterocycles. The molecule has 108 valence electrons. The Morgan fingerprint density at radius 2 is 2.32 bits per heavy atom. The summed E-state index contributed by atoms with van der Waals surface area (Å²) in [6, 6.07) is 0. The highest BCUT2D eigenvalue weighted by atomic mass is 32.2. The zero-order valence-electron chi connectivity index (χ0n) is 11.9. The third-order valence-corrected chi connectivity index (χ3v) is 5.73. The van der Waals surface area contributed by atoms with Crippen LogP contribution in [0, 0.1) is 0 Å². The Bertz CT molecular complexity index is 342.